The molecule has 2 amide bonds. The van der Waals surface area contributed by atoms with Gasteiger partial charge in [0.2, 0.25) is 0 Å². The van der Waals surface area contributed by atoms with Gasteiger partial charge in [-0.2, -0.15) is 0 Å². The SMILES string of the molecule is Cl.NC(=O)NC1CCC1. The van der Waals surface area contributed by atoms with Gasteiger partial charge in [0.1, 0.15) is 0 Å². The molecule has 0 unspecified atom stereocenters. The van der Waals surface area contributed by atoms with Crippen LogP contribution in [0.2, 0.25) is 0 Å². The molecule has 0 radical (unpaired) electrons. The summed E-state index contributed by atoms with van der Waals surface area (Å²) in [6.07, 6.45) is 3.43. The van der Waals surface area contributed by atoms with E-state index in [1.165, 1.54) is 6.42 Å². The summed E-state index contributed by atoms with van der Waals surface area (Å²) >= 11 is 0. The van der Waals surface area contributed by atoms with Crippen molar-refractivity contribution in [1.29, 1.82) is 0 Å². The molecular formula is C5H11ClN2O. The lowest BCUT2D eigenvalue weighted by Gasteiger charge is -2.24. The minimum atomic E-state index is -0.394. The number of rotatable bonds is 1. The van der Waals surface area contributed by atoms with Gasteiger partial charge >= 0.3 is 6.03 Å². The van der Waals surface area contributed by atoms with Gasteiger partial charge in [-0.1, -0.05) is 0 Å². The van der Waals surface area contributed by atoms with E-state index in [9.17, 15) is 4.79 Å². The highest BCUT2D eigenvalue weighted by Crippen LogP contribution is 2.17. The normalized spacial score (nSPS) is 17.3. The zero-order valence-corrected chi connectivity index (χ0v) is 5.91. The molecule has 1 fully saturated rings. The maximum absolute atomic E-state index is 10.1. The third-order valence-electron chi connectivity index (χ3n) is 1.45. The summed E-state index contributed by atoms with van der Waals surface area (Å²) in [5.74, 6) is 0. The molecule has 0 saturated heterocycles. The van der Waals surface area contributed by atoms with E-state index in [1.54, 1.807) is 0 Å². The van der Waals surface area contributed by atoms with Gasteiger partial charge in [-0.25, -0.2) is 4.79 Å². The first kappa shape index (κ1) is 8.56. The van der Waals surface area contributed by atoms with Crippen molar-refractivity contribution in [1.82, 2.24) is 5.32 Å². The van der Waals surface area contributed by atoms with Gasteiger partial charge in [0.15, 0.2) is 0 Å². The zero-order chi connectivity index (χ0) is 5.98. The maximum Gasteiger partial charge on any atom is 0.312 e. The van der Waals surface area contributed by atoms with Crippen LogP contribution in [0.4, 0.5) is 4.79 Å². The predicted octanol–water partition coefficient (Wildman–Crippen LogP) is 0.629. The fourth-order valence-electron chi connectivity index (χ4n) is 0.754. The van der Waals surface area contributed by atoms with Gasteiger partial charge < -0.3 is 11.1 Å². The Hall–Kier alpha value is -0.440. The third kappa shape index (κ3) is 2.56. The van der Waals surface area contributed by atoms with Crippen molar-refractivity contribution in [2.45, 2.75) is 25.3 Å². The van der Waals surface area contributed by atoms with Crippen LogP contribution in [0, 0.1) is 0 Å². The van der Waals surface area contributed by atoms with Crippen LogP contribution >= 0.6 is 12.4 Å². The number of halogens is 1. The van der Waals surface area contributed by atoms with E-state index in [4.69, 9.17) is 5.73 Å². The minimum Gasteiger partial charge on any atom is -0.352 e. The fraction of sp³-hybridized carbons (Fsp3) is 0.800. The molecule has 0 aromatic carbocycles. The summed E-state index contributed by atoms with van der Waals surface area (Å²) in [7, 11) is 0. The van der Waals surface area contributed by atoms with Crippen molar-refractivity contribution in [3.63, 3.8) is 0 Å². The molecule has 54 valence electrons. The van der Waals surface area contributed by atoms with E-state index in [2.05, 4.69) is 5.32 Å². The van der Waals surface area contributed by atoms with Crippen molar-refractivity contribution in [3.05, 3.63) is 0 Å². The lowest BCUT2D eigenvalue weighted by molar-refractivity contribution is 0.236. The number of nitrogens with two attached hydrogens (primary N) is 1. The van der Waals surface area contributed by atoms with Crippen molar-refractivity contribution < 1.29 is 4.79 Å². The Balaban J connectivity index is 0.000000640. The van der Waals surface area contributed by atoms with E-state index in [-0.39, 0.29) is 12.4 Å². The second kappa shape index (κ2) is 3.56. The van der Waals surface area contributed by atoms with Crippen molar-refractivity contribution in [3.8, 4) is 0 Å². The Morgan fingerprint density at radius 2 is 2.11 bits per heavy atom. The molecule has 1 aliphatic carbocycles. The van der Waals surface area contributed by atoms with Crippen LogP contribution in [-0.2, 0) is 0 Å². The van der Waals surface area contributed by atoms with E-state index >= 15 is 0 Å². The Bertz CT molecular complexity index is 103. The van der Waals surface area contributed by atoms with Crippen molar-refractivity contribution in [2.24, 2.45) is 5.73 Å². The first-order valence-electron chi connectivity index (χ1n) is 2.85. The number of primary amides is 1. The van der Waals surface area contributed by atoms with E-state index < -0.39 is 6.03 Å². The first-order chi connectivity index (χ1) is 3.79. The minimum absolute atomic E-state index is 0. The molecule has 1 rings (SSSR count). The van der Waals surface area contributed by atoms with Crippen LogP contribution in [0.1, 0.15) is 19.3 Å². The molecule has 9 heavy (non-hydrogen) atoms. The Kier molecular flexibility index (Phi) is 3.39. The van der Waals surface area contributed by atoms with Crippen molar-refractivity contribution in [2.75, 3.05) is 0 Å². The van der Waals surface area contributed by atoms with Crippen LogP contribution in [0.25, 0.3) is 0 Å². The quantitative estimate of drug-likeness (QED) is 0.566. The van der Waals surface area contributed by atoms with Gasteiger partial charge in [-0.15, -0.1) is 12.4 Å². The van der Waals surface area contributed by atoms with Crippen LogP contribution in [-0.4, -0.2) is 12.1 Å². The molecule has 0 heterocycles. The first-order valence-corrected chi connectivity index (χ1v) is 2.85. The smallest absolute Gasteiger partial charge is 0.312 e. The molecule has 1 saturated carbocycles. The average molecular weight is 151 g/mol. The molecule has 0 aliphatic heterocycles. The summed E-state index contributed by atoms with van der Waals surface area (Å²) < 4.78 is 0. The van der Waals surface area contributed by atoms with E-state index in [0.29, 0.717) is 6.04 Å². The second-order valence-electron chi connectivity index (χ2n) is 2.14. The standard InChI is InChI=1S/C5H10N2O.ClH/c6-5(8)7-4-2-1-3-4;/h4H,1-3H2,(H3,6,7,8);1H. The number of carbonyl (C=O) groups excluding carboxylic acids is 1. The number of hydrogen-bond acceptors (Lipinski definition) is 1. The summed E-state index contributed by atoms with van der Waals surface area (Å²) in [5, 5.41) is 2.62. The molecule has 0 atom stereocenters. The Morgan fingerprint density at radius 3 is 2.22 bits per heavy atom. The van der Waals surface area contributed by atoms with Crippen LogP contribution < -0.4 is 11.1 Å². The van der Waals surface area contributed by atoms with Crippen LogP contribution in [0.5, 0.6) is 0 Å². The summed E-state index contributed by atoms with van der Waals surface area (Å²) in [4.78, 5) is 10.1. The van der Waals surface area contributed by atoms with E-state index in [1.807, 2.05) is 0 Å². The lowest BCUT2D eigenvalue weighted by Crippen LogP contribution is -2.42. The summed E-state index contributed by atoms with van der Waals surface area (Å²) in [6.45, 7) is 0. The molecule has 0 bridgehead atoms. The third-order valence-corrected chi connectivity index (χ3v) is 1.45. The van der Waals surface area contributed by atoms with E-state index in [0.717, 1.165) is 12.8 Å². The largest absolute Gasteiger partial charge is 0.352 e. The highest BCUT2D eigenvalue weighted by atomic mass is 35.5. The molecule has 0 spiro atoms. The van der Waals surface area contributed by atoms with Gasteiger partial charge in [-0.05, 0) is 19.3 Å². The zero-order valence-electron chi connectivity index (χ0n) is 5.09. The highest BCUT2D eigenvalue weighted by Gasteiger charge is 2.17. The highest BCUT2D eigenvalue weighted by molar-refractivity contribution is 5.85. The molecule has 4 heteroatoms. The van der Waals surface area contributed by atoms with Crippen LogP contribution in [0.15, 0.2) is 0 Å². The number of amides is 2. The Morgan fingerprint density at radius 1 is 1.56 bits per heavy atom. The van der Waals surface area contributed by atoms with Gasteiger partial charge in [0.05, 0.1) is 0 Å². The fourth-order valence-corrected chi connectivity index (χ4v) is 0.754. The average Bonchev–Trinajstić information content (AvgIpc) is 1.55. The number of hydrogen-bond donors (Lipinski definition) is 2. The number of urea groups is 1. The molecule has 0 aromatic heterocycles. The van der Waals surface area contributed by atoms with Gasteiger partial charge in [0, 0.05) is 6.04 Å². The maximum atomic E-state index is 10.1. The molecule has 1 aliphatic rings. The number of carbonyl (C=O) groups is 1. The van der Waals surface area contributed by atoms with Gasteiger partial charge in [-0.3, -0.25) is 0 Å². The summed E-state index contributed by atoms with van der Waals surface area (Å²) in [6, 6.07) is -0.0119. The monoisotopic (exact) mass is 150 g/mol. The summed E-state index contributed by atoms with van der Waals surface area (Å²) in [5.41, 5.74) is 4.85. The Labute approximate surface area is 60.4 Å². The topological polar surface area (TPSA) is 55.1 Å². The number of nitrogens with one attached hydrogen (secondary N) is 1. The second-order valence-corrected chi connectivity index (χ2v) is 2.14. The molecule has 3 N–H and O–H groups in total. The predicted molar refractivity (Wildman–Crippen MR) is 37.6 cm³/mol. The van der Waals surface area contributed by atoms with Gasteiger partial charge in [0.25, 0.3) is 0 Å². The molecule has 0 aromatic rings. The van der Waals surface area contributed by atoms with Crippen molar-refractivity contribution >= 4 is 18.4 Å². The van der Waals surface area contributed by atoms with Crippen LogP contribution in [0.3, 0.4) is 0 Å². The molecular weight excluding hydrogens is 140 g/mol. The lowest BCUT2D eigenvalue weighted by atomic mass is 9.93. The molecule has 3 nitrogen and oxygen atoms in total.